The predicted octanol–water partition coefficient (Wildman–Crippen LogP) is 4.85. The van der Waals surface area contributed by atoms with Gasteiger partial charge >= 0.3 is 0 Å². The summed E-state index contributed by atoms with van der Waals surface area (Å²) in [5.74, 6) is 0.765. The van der Waals surface area contributed by atoms with Gasteiger partial charge in [-0.1, -0.05) is 66.7 Å². The van der Waals surface area contributed by atoms with Gasteiger partial charge in [-0.05, 0) is 29.3 Å². The van der Waals surface area contributed by atoms with E-state index in [-0.39, 0.29) is 21.9 Å². The van der Waals surface area contributed by atoms with Crippen molar-refractivity contribution in [2.75, 3.05) is 30.3 Å². The van der Waals surface area contributed by atoms with Crippen LogP contribution in [0.25, 0.3) is 11.1 Å². The van der Waals surface area contributed by atoms with Crippen molar-refractivity contribution in [2.45, 2.75) is 6.04 Å². The van der Waals surface area contributed by atoms with Gasteiger partial charge in [0.15, 0.2) is 0 Å². The maximum absolute atomic E-state index is 13.4. The number of hydrogen-bond acceptors (Lipinski definition) is 6. The molecule has 170 valence electrons. The number of nitrogens with one attached hydrogen (secondary N) is 1. The molecule has 1 aliphatic rings. The van der Waals surface area contributed by atoms with E-state index in [1.807, 2.05) is 48.5 Å². The zero-order chi connectivity index (χ0) is 22.6. The number of carbonyl (C=O) groups is 1. The molecule has 5 rings (SSSR count). The van der Waals surface area contributed by atoms with Crippen molar-refractivity contribution in [1.82, 2.24) is 15.3 Å². The van der Waals surface area contributed by atoms with E-state index in [4.69, 9.17) is 10.7 Å². The Balaban J connectivity index is 0.00000152. The minimum absolute atomic E-state index is 0. The highest BCUT2D eigenvalue weighted by Crippen LogP contribution is 2.25. The molecule has 1 fully saturated rings. The van der Waals surface area contributed by atoms with Crippen molar-refractivity contribution in [1.29, 1.82) is 0 Å². The number of anilines is 2. The number of hydrogen-bond donors (Lipinski definition) is 2. The molecular weight excluding hydrogens is 410 g/mol. The number of nitrogens with zero attached hydrogens (tertiary/aromatic N) is 3. The average Bonchev–Trinajstić information content (AvgIpc) is 2.90. The van der Waals surface area contributed by atoms with Gasteiger partial charge in [0.05, 0.1) is 5.56 Å². The fourth-order valence-electron chi connectivity index (χ4n) is 4.18. The van der Waals surface area contributed by atoms with Crippen molar-refractivity contribution < 1.29 is 9.07 Å². The lowest BCUT2D eigenvalue weighted by molar-refractivity contribution is 0.103. The molecule has 2 aromatic heterocycles. The molecule has 0 saturated carbocycles. The Kier molecular flexibility index (Phi) is 5.83. The zero-order valence-corrected chi connectivity index (χ0v) is 18.2. The molecule has 33 heavy (non-hydrogen) atoms. The lowest BCUT2D eigenvalue weighted by Crippen LogP contribution is -2.46. The summed E-state index contributed by atoms with van der Waals surface area (Å²) in [6, 6.07) is 27.8. The molecule has 3 heterocycles. The first-order chi connectivity index (χ1) is 16.2. The third-order valence-electron chi connectivity index (χ3n) is 5.94. The van der Waals surface area contributed by atoms with Gasteiger partial charge in [-0.15, -0.1) is 0 Å². The Morgan fingerprint density at radius 3 is 2.52 bits per heavy atom. The summed E-state index contributed by atoms with van der Waals surface area (Å²) in [6.45, 7) is 2.44. The van der Waals surface area contributed by atoms with Gasteiger partial charge in [-0.2, -0.15) is 0 Å². The zero-order valence-electron chi connectivity index (χ0n) is 18.2. The number of aromatic nitrogens is 2. The molecular formula is C27H31N5O. The van der Waals surface area contributed by atoms with Crippen LogP contribution in [0.3, 0.4) is 0 Å². The van der Waals surface area contributed by atoms with Gasteiger partial charge in [0.1, 0.15) is 17.3 Å². The summed E-state index contributed by atoms with van der Waals surface area (Å²) in [5.41, 5.74) is 9.88. The summed E-state index contributed by atoms with van der Waals surface area (Å²) < 4.78 is 0. The van der Waals surface area contributed by atoms with Crippen LogP contribution >= 0.6 is 0 Å². The number of nitrogens with two attached hydrogens (primary N) is 1. The standard InChI is InChI=1S/C27H25N5O.3H2/c28-27-22(16-21(17-30-27)19-8-3-1-4-9-19)26(33)23-12-7-13-25(31-23)32-15-14-29-24(18-32)20-10-5-2-6-11-20;;;/h1-13,16-17,24,29H,14-15,18H2,(H2,28,30);3*1H. The number of piperazine rings is 1. The van der Waals surface area contributed by atoms with Crippen molar-refractivity contribution in [3.05, 3.63) is 108 Å². The second-order valence-corrected chi connectivity index (χ2v) is 8.10. The monoisotopic (exact) mass is 441 g/mol. The predicted molar refractivity (Wildman–Crippen MR) is 137 cm³/mol. The smallest absolute Gasteiger partial charge is 0.215 e. The van der Waals surface area contributed by atoms with Crippen LogP contribution in [-0.2, 0) is 0 Å². The molecule has 3 N–H and O–H groups in total. The Morgan fingerprint density at radius 1 is 0.970 bits per heavy atom. The lowest BCUT2D eigenvalue weighted by Gasteiger charge is -2.35. The number of ketones is 1. The lowest BCUT2D eigenvalue weighted by atomic mass is 10.0. The molecule has 1 unspecified atom stereocenters. The number of carbonyl (C=O) groups excluding carboxylic acids is 1. The first-order valence-electron chi connectivity index (χ1n) is 11.0. The van der Waals surface area contributed by atoms with Crippen LogP contribution in [-0.4, -0.2) is 35.4 Å². The molecule has 6 nitrogen and oxygen atoms in total. The van der Waals surface area contributed by atoms with Gasteiger partial charge in [0.25, 0.3) is 0 Å². The minimum atomic E-state index is -0.227. The van der Waals surface area contributed by atoms with Gasteiger partial charge in [0, 0.05) is 41.7 Å². The van der Waals surface area contributed by atoms with E-state index in [0.29, 0.717) is 11.3 Å². The molecule has 0 bridgehead atoms. The fourth-order valence-corrected chi connectivity index (χ4v) is 4.18. The van der Waals surface area contributed by atoms with Gasteiger partial charge < -0.3 is 16.0 Å². The Bertz CT molecular complexity index is 1270. The summed E-state index contributed by atoms with van der Waals surface area (Å²) in [7, 11) is 0. The molecule has 0 spiro atoms. The molecule has 0 amide bonds. The van der Waals surface area contributed by atoms with Crippen molar-refractivity contribution in [3.8, 4) is 11.1 Å². The highest BCUT2D eigenvalue weighted by Gasteiger charge is 2.23. The van der Waals surface area contributed by atoms with Crippen LogP contribution in [0.2, 0.25) is 0 Å². The molecule has 0 radical (unpaired) electrons. The van der Waals surface area contributed by atoms with Crippen LogP contribution in [0.4, 0.5) is 11.6 Å². The maximum atomic E-state index is 13.4. The van der Waals surface area contributed by atoms with E-state index in [2.05, 4.69) is 39.5 Å². The fraction of sp³-hybridized carbons (Fsp3) is 0.148. The summed E-state index contributed by atoms with van der Waals surface area (Å²) in [5, 5.41) is 3.57. The second-order valence-electron chi connectivity index (χ2n) is 8.10. The van der Waals surface area contributed by atoms with E-state index < -0.39 is 0 Å². The molecule has 2 aromatic carbocycles. The highest BCUT2D eigenvalue weighted by atomic mass is 16.1. The van der Waals surface area contributed by atoms with Crippen LogP contribution in [0, 0.1) is 0 Å². The van der Waals surface area contributed by atoms with E-state index in [0.717, 1.165) is 36.6 Å². The molecule has 1 saturated heterocycles. The first-order valence-corrected chi connectivity index (χ1v) is 11.0. The minimum Gasteiger partial charge on any atom is -0.383 e. The van der Waals surface area contributed by atoms with Crippen molar-refractivity contribution in [3.63, 3.8) is 0 Å². The number of pyridine rings is 2. The van der Waals surface area contributed by atoms with E-state index >= 15 is 0 Å². The number of benzene rings is 2. The van der Waals surface area contributed by atoms with Crippen molar-refractivity contribution in [2.24, 2.45) is 0 Å². The van der Waals surface area contributed by atoms with Crippen molar-refractivity contribution >= 4 is 17.4 Å². The van der Waals surface area contributed by atoms with Gasteiger partial charge in [-0.3, -0.25) is 4.79 Å². The second kappa shape index (κ2) is 9.22. The Labute approximate surface area is 197 Å². The Hall–Kier alpha value is -4.03. The third-order valence-corrected chi connectivity index (χ3v) is 5.94. The van der Waals surface area contributed by atoms with Gasteiger partial charge in [-0.25, -0.2) is 9.97 Å². The van der Waals surface area contributed by atoms with E-state index in [1.54, 1.807) is 18.3 Å². The number of rotatable bonds is 5. The van der Waals surface area contributed by atoms with E-state index in [9.17, 15) is 4.79 Å². The number of nitrogen functional groups attached to an aromatic ring is 1. The molecule has 4 aromatic rings. The van der Waals surface area contributed by atoms with Crippen LogP contribution in [0.5, 0.6) is 0 Å². The summed E-state index contributed by atoms with van der Waals surface area (Å²) in [4.78, 5) is 24.6. The topological polar surface area (TPSA) is 84.1 Å². The highest BCUT2D eigenvalue weighted by molar-refractivity contribution is 6.11. The molecule has 6 heteroatoms. The van der Waals surface area contributed by atoms with Gasteiger partial charge in [0.2, 0.25) is 5.78 Å². The Morgan fingerprint density at radius 2 is 1.73 bits per heavy atom. The molecule has 1 aliphatic heterocycles. The first kappa shape index (κ1) is 20.8. The maximum Gasteiger partial charge on any atom is 0.215 e. The largest absolute Gasteiger partial charge is 0.383 e. The normalized spacial score (nSPS) is 15.9. The summed E-state index contributed by atoms with van der Waals surface area (Å²) >= 11 is 0. The van der Waals surface area contributed by atoms with Crippen LogP contribution in [0.1, 0.15) is 31.9 Å². The van der Waals surface area contributed by atoms with Crippen LogP contribution in [0.15, 0.2) is 91.1 Å². The quantitative estimate of drug-likeness (QED) is 0.431. The van der Waals surface area contributed by atoms with E-state index in [1.165, 1.54) is 5.56 Å². The molecule has 1 atom stereocenters. The SMILES string of the molecule is Nc1ncc(-c2ccccc2)cc1C(=O)c1cccc(N2CCNC(c3ccccc3)C2)n1.[HH].[HH].[HH]. The molecule has 0 aliphatic carbocycles. The van der Waals surface area contributed by atoms with Crippen LogP contribution < -0.4 is 16.0 Å². The third kappa shape index (κ3) is 4.47. The summed E-state index contributed by atoms with van der Waals surface area (Å²) in [6.07, 6.45) is 1.69. The average molecular weight is 442 g/mol.